The maximum atomic E-state index is 13.4. The first kappa shape index (κ1) is 21.9. The van der Waals surface area contributed by atoms with E-state index in [4.69, 9.17) is 4.52 Å². The number of hydrogen-bond acceptors (Lipinski definition) is 6. The van der Waals surface area contributed by atoms with Crippen molar-refractivity contribution in [3.8, 4) is 22.8 Å². The Kier molecular flexibility index (Phi) is 5.21. The van der Waals surface area contributed by atoms with Crippen molar-refractivity contribution in [2.75, 3.05) is 11.4 Å². The average Bonchev–Trinajstić information content (AvgIpc) is 3.54. The predicted molar refractivity (Wildman–Crippen MR) is 137 cm³/mol. The van der Waals surface area contributed by atoms with Crippen LogP contribution in [0.25, 0.3) is 33.9 Å². The van der Waals surface area contributed by atoms with E-state index in [-0.39, 0.29) is 29.3 Å². The second kappa shape index (κ2) is 8.57. The molecule has 0 aliphatic carbocycles. The van der Waals surface area contributed by atoms with Crippen molar-refractivity contribution < 1.29 is 9.32 Å². The first-order valence-electron chi connectivity index (χ1n) is 11.8. The van der Waals surface area contributed by atoms with Crippen molar-refractivity contribution in [3.63, 3.8) is 0 Å². The number of amides is 1. The fourth-order valence-electron chi connectivity index (χ4n) is 4.73. The van der Waals surface area contributed by atoms with Crippen LogP contribution >= 0.6 is 0 Å². The molecule has 178 valence electrons. The van der Waals surface area contributed by atoms with Gasteiger partial charge in [0.2, 0.25) is 17.2 Å². The number of para-hydroxylation sites is 1. The van der Waals surface area contributed by atoms with Gasteiger partial charge in [0, 0.05) is 29.7 Å². The fourth-order valence-corrected chi connectivity index (χ4v) is 4.73. The van der Waals surface area contributed by atoms with Gasteiger partial charge >= 0.3 is 0 Å². The summed E-state index contributed by atoms with van der Waals surface area (Å²) >= 11 is 0. The van der Waals surface area contributed by atoms with Gasteiger partial charge in [0.05, 0.1) is 5.39 Å². The molecule has 0 atom stereocenters. The molecule has 4 heterocycles. The molecule has 6 rings (SSSR count). The van der Waals surface area contributed by atoms with E-state index in [1.54, 1.807) is 27.8 Å². The molecule has 1 aliphatic heterocycles. The van der Waals surface area contributed by atoms with Crippen LogP contribution in [0.15, 0.2) is 76.2 Å². The van der Waals surface area contributed by atoms with Gasteiger partial charge < -0.3 is 14.0 Å². The van der Waals surface area contributed by atoms with Crippen molar-refractivity contribution in [1.29, 1.82) is 0 Å². The third-order valence-corrected chi connectivity index (χ3v) is 6.60. The Labute approximate surface area is 206 Å². The molecule has 0 spiro atoms. The van der Waals surface area contributed by atoms with Gasteiger partial charge in [-0.15, -0.1) is 0 Å². The minimum Gasteiger partial charge on any atom is -0.333 e. The van der Waals surface area contributed by atoms with Gasteiger partial charge in [0.25, 0.3) is 5.89 Å². The van der Waals surface area contributed by atoms with E-state index in [0.29, 0.717) is 23.4 Å². The monoisotopic (exact) mass is 477 g/mol. The van der Waals surface area contributed by atoms with E-state index in [9.17, 15) is 9.59 Å². The zero-order valence-electron chi connectivity index (χ0n) is 19.9. The van der Waals surface area contributed by atoms with Gasteiger partial charge in [-0.1, -0.05) is 47.6 Å². The highest BCUT2D eigenvalue weighted by atomic mass is 16.5. The van der Waals surface area contributed by atoms with Crippen molar-refractivity contribution in [2.45, 2.75) is 26.8 Å². The molecule has 0 unspecified atom stereocenters. The summed E-state index contributed by atoms with van der Waals surface area (Å²) in [5.74, 6) is 0.430. The van der Waals surface area contributed by atoms with Crippen LogP contribution in [-0.4, -0.2) is 32.1 Å². The predicted octanol–water partition coefficient (Wildman–Crippen LogP) is 4.32. The quantitative estimate of drug-likeness (QED) is 0.383. The number of carbonyl (C=O) groups excluding carboxylic acids is 1. The number of anilines is 1. The molecule has 5 aromatic rings. The van der Waals surface area contributed by atoms with E-state index in [0.717, 1.165) is 34.5 Å². The van der Waals surface area contributed by atoms with Crippen LogP contribution in [-0.2, 0) is 17.8 Å². The maximum Gasteiger partial charge on any atom is 0.263 e. The van der Waals surface area contributed by atoms with Crippen LogP contribution in [0.5, 0.6) is 0 Å². The van der Waals surface area contributed by atoms with Crippen molar-refractivity contribution in [2.24, 2.45) is 0 Å². The molecule has 0 saturated heterocycles. The second-order valence-corrected chi connectivity index (χ2v) is 8.99. The summed E-state index contributed by atoms with van der Waals surface area (Å²) in [5.41, 5.74) is 5.07. The summed E-state index contributed by atoms with van der Waals surface area (Å²) in [4.78, 5) is 37.7. The van der Waals surface area contributed by atoms with Gasteiger partial charge in [0.1, 0.15) is 17.8 Å². The summed E-state index contributed by atoms with van der Waals surface area (Å²) < 4.78 is 7.24. The molecular formula is C28H23N5O3. The highest BCUT2D eigenvalue weighted by molar-refractivity contribution is 5.96. The molecule has 1 aliphatic rings. The summed E-state index contributed by atoms with van der Waals surface area (Å²) in [7, 11) is 0. The third-order valence-electron chi connectivity index (χ3n) is 6.60. The molecule has 36 heavy (non-hydrogen) atoms. The molecule has 3 aromatic heterocycles. The first-order valence-corrected chi connectivity index (χ1v) is 11.8. The zero-order valence-corrected chi connectivity index (χ0v) is 19.9. The topological polar surface area (TPSA) is 94.1 Å². The summed E-state index contributed by atoms with van der Waals surface area (Å²) in [6, 6.07) is 19.1. The first-order chi connectivity index (χ1) is 17.5. The number of pyridine rings is 2. The molecule has 8 heteroatoms. The highest BCUT2D eigenvalue weighted by Crippen LogP contribution is 2.28. The van der Waals surface area contributed by atoms with Crippen molar-refractivity contribution in [1.82, 2.24) is 19.7 Å². The average molecular weight is 478 g/mol. The number of rotatable bonds is 4. The van der Waals surface area contributed by atoms with Crippen LogP contribution in [0.2, 0.25) is 0 Å². The molecule has 8 nitrogen and oxygen atoms in total. The van der Waals surface area contributed by atoms with E-state index >= 15 is 0 Å². The number of nitrogens with zero attached hydrogens (tertiary/aromatic N) is 5. The van der Waals surface area contributed by atoms with E-state index < -0.39 is 0 Å². The molecule has 0 bridgehead atoms. The zero-order chi connectivity index (χ0) is 24.8. The molecule has 0 saturated carbocycles. The smallest absolute Gasteiger partial charge is 0.263 e. The van der Waals surface area contributed by atoms with Gasteiger partial charge in [-0.2, -0.15) is 4.98 Å². The Hall–Kier alpha value is -4.59. The highest BCUT2D eigenvalue weighted by Gasteiger charge is 2.26. The van der Waals surface area contributed by atoms with E-state index in [1.807, 2.05) is 62.4 Å². The fraction of sp³-hybridized carbons (Fsp3) is 0.179. The van der Waals surface area contributed by atoms with E-state index in [2.05, 4.69) is 15.1 Å². The van der Waals surface area contributed by atoms with Gasteiger partial charge in [-0.25, -0.2) is 4.98 Å². The van der Waals surface area contributed by atoms with Gasteiger partial charge in [0.15, 0.2) is 0 Å². The third kappa shape index (κ3) is 3.67. The lowest BCUT2D eigenvalue weighted by Gasteiger charge is -2.19. The molecule has 0 fully saturated rings. The van der Waals surface area contributed by atoms with Gasteiger partial charge in [-0.3, -0.25) is 9.59 Å². The maximum absolute atomic E-state index is 13.4. The number of hydrogen-bond donors (Lipinski definition) is 0. The van der Waals surface area contributed by atoms with Gasteiger partial charge in [-0.05, 0) is 49.6 Å². The summed E-state index contributed by atoms with van der Waals surface area (Å²) in [6.07, 6.45) is 2.42. The molecule has 0 radical (unpaired) electrons. The Morgan fingerprint density at radius 3 is 2.64 bits per heavy atom. The number of fused-ring (bicyclic) bond motifs is 2. The SMILES string of the molecule is Cc1ccc2c(=O)c(-c3nc(-c4ccccc4C)no3)cn(CC(=O)N3CCc4ccccc43)c2n1. The Balaban J connectivity index is 1.44. The minimum atomic E-state index is -0.271. The number of aromatic nitrogens is 4. The Bertz CT molecular complexity index is 1700. The Morgan fingerprint density at radius 1 is 0.972 bits per heavy atom. The van der Waals surface area contributed by atoms with Crippen LogP contribution in [0, 0.1) is 13.8 Å². The van der Waals surface area contributed by atoms with Crippen LogP contribution in [0.4, 0.5) is 5.69 Å². The van der Waals surface area contributed by atoms with Crippen LogP contribution in [0.3, 0.4) is 0 Å². The number of aryl methyl sites for hydroxylation is 2. The molecule has 1 amide bonds. The van der Waals surface area contributed by atoms with E-state index in [1.165, 1.54) is 0 Å². The van der Waals surface area contributed by atoms with Crippen LogP contribution < -0.4 is 10.3 Å². The van der Waals surface area contributed by atoms with Crippen molar-refractivity contribution in [3.05, 3.63) is 93.9 Å². The lowest BCUT2D eigenvalue weighted by molar-refractivity contribution is -0.119. The summed E-state index contributed by atoms with van der Waals surface area (Å²) in [6.45, 7) is 4.46. The summed E-state index contributed by atoms with van der Waals surface area (Å²) in [5, 5.41) is 4.50. The lowest BCUT2D eigenvalue weighted by atomic mass is 10.1. The standard InChI is InChI=1S/C28H23N5O3/c1-17-7-3-5-9-20(17)26-30-28(36-31-26)22-15-32(27-21(25(22)35)12-11-18(2)29-27)16-24(34)33-14-13-19-8-4-6-10-23(19)33/h3-12,15H,13-14,16H2,1-2H3. The number of benzene rings is 2. The largest absolute Gasteiger partial charge is 0.333 e. The van der Waals surface area contributed by atoms with Crippen LogP contribution in [0.1, 0.15) is 16.8 Å². The minimum absolute atomic E-state index is 0.0212. The number of carbonyl (C=O) groups is 1. The molecule has 0 N–H and O–H groups in total. The lowest BCUT2D eigenvalue weighted by Crippen LogP contribution is -2.32. The van der Waals surface area contributed by atoms with Crippen molar-refractivity contribution >= 4 is 22.6 Å². The second-order valence-electron chi connectivity index (χ2n) is 8.99. The molecular weight excluding hydrogens is 454 g/mol. The Morgan fingerprint density at radius 2 is 1.78 bits per heavy atom. The molecule has 2 aromatic carbocycles. The normalized spacial score (nSPS) is 12.8.